The van der Waals surface area contributed by atoms with Gasteiger partial charge in [-0.15, -0.1) is 0 Å². The highest BCUT2D eigenvalue weighted by Gasteiger charge is 2.08. The molecule has 0 radical (unpaired) electrons. The van der Waals surface area contributed by atoms with E-state index in [4.69, 9.17) is 10.2 Å². The molecule has 0 aliphatic carbocycles. The second kappa shape index (κ2) is 9.97. The number of benzene rings is 1. The number of hydrogen-bond donors (Lipinski definition) is 2. The van der Waals surface area contributed by atoms with Crippen LogP contribution in [0.4, 0.5) is 0 Å². The summed E-state index contributed by atoms with van der Waals surface area (Å²) in [6.07, 6.45) is 4.53. The molecule has 2 N–H and O–H groups in total. The lowest BCUT2D eigenvalue weighted by Crippen LogP contribution is -2.04. The fraction of sp³-hybridized carbons (Fsp3) is 0.529. The van der Waals surface area contributed by atoms with Crippen LogP contribution in [0.3, 0.4) is 0 Å². The molecule has 0 heterocycles. The number of carboxylic acids is 2. The molecule has 0 aliphatic rings. The Morgan fingerprint density at radius 3 is 1.90 bits per heavy atom. The third-order valence-corrected chi connectivity index (χ3v) is 2.84. The summed E-state index contributed by atoms with van der Waals surface area (Å²) in [6.45, 7) is 6.64. The van der Waals surface area contributed by atoms with Gasteiger partial charge in [-0.3, -0.25) is 4.79 Å². The topological polar surface area (TPSA) is 74.6 Å². The van der Waals surface area contributed by atoms with Crippen LogP contribution in [0.15, 0.2) is 30.3 Å². The highest BCUT2D eigenvalue weighted by atomic mass is 16.4. The van der Waals surface area contributed by atoms with Crippen molar-refractivity contribution in [2.24, 2.45) is 5.41 Å². The van der Waals surface area contributed by atoms with E-state index in [1.54, 1.807) is 30.3 Å². The summed E-state index contributed by atoms with van der Waals surface area (Å²) < 4.78 is 0. The highest BCUT2D eigenvalue weighted by molar-refractivity contribution is 5.87. The summed E-state index contributed by atoms with van der Waals surface area (Å²) in [4.78, 5) is 20.4. The Kier molecular flexibility index (Phi) is 9.10. The van der Waals surface area contributed by atoms with Gasteiger partial charge in [0.05, 0.1) is 5.56 Å². The highest BCUT2D eigenvalue weighted by Crippen LogP contribution is 2.22. The molecule has 0 saturated heterocycles. The summed E-state index contributed by atoms with van der Waals surface area (Å²) in [7, 11) is 0. The number of carbonyl (C=O) groups is 2. The second-order valence-electron chi connectivity index (χ2n) is 6.19. The van der Waals surface area contributed by atoms with Crippen LogP contribution >= 0.6 is 0 Å². The number of rotatable bonds is 6. The van der Waals surface area contributed by atoms with Gasteiger partial charge in [-0.05, 0) is 30.4 Å². The first-order valence-corrected chi connectivity index (χ1v) is 7.22. The van der Waals surface area contributed by atoms with Crippen LogP contribution in [0.25, 0.3) is 0 Å². The molecular weight excluding hydrogens is 268 g/mol. The molecule has 0 saturated carbocycles. The number of carboxylic acid groups (broad SMARTS) is 2. The molecule has 1 aromatic rings. The first-order chi connectivity index (χ1) is 9.72. The molecule has 0 amide bonds. The monoisotopic (exact) mass is 294 g/mol. The number of aliphatic carboxylic acids is 1. The minimum absolute atomic E-state index is 0.324. The third-order valence-electron chi connectivity index (χ3n) is 2.84. The molecule has 0 atom stereocenters. The van der Waals surface area contributed by atoms with Gasteiger partial charge in [0.1, 0.15) is 0 Å². The number of hydrogen-bond acceptors (Lipinski definition) is 2. The van der Waals surface area contributed by atoms with E-state index < -0.39 is 11.9 Å². The predicted molar refractivity (Wildman–Crippen MR) is 83.6 cm³/mol. The fourth-order valence-electron chi connectivity index (χ4n) is 1.69. The average molecular weight is 294 g/mol. The first kappa shape index (κ1) is 19.2. The van der Waals surface area contributed by atoms with Crippen molar-refractivity contribution in [3.8, 4) is 0 Å². The summed E-state index contributed by atoms with van der Waals surface area (Å²) >= 11 is 0. The lowest BCUT2D eigenvalue weighted by atomic mass is 9.89. The lowest BCUT2D eigenvalue weighted by molar-refractivity contribution is -0.137. The van der Waals surface area contributed by atoms with Gasteiger partial charge in [0.2, 0.25) is 0 Å². The molecule has 0 fully saturated rings. The van der Waals surface area contributed by atoms with Crippen LogP contribution in [0, 0.1) is 5.41 Å². The maximum Gasteiger partial charge on any atom is 0.335 e. The Hall–Kier alpha value is -1.84. The minimum atomic E-state index is -0.879. The third kappa shape index (κ3) is 12.9. The number of unbranched alkanes of at least 4 members (excludes halogenated alkanes) is 2. The maximum absolute atomic E-state index is 10.2. The Balaban J connectivity index is 0.000000394. The Labute approximate surface area is 126 Å². The molecule has 0 bridgehead atoms. The van der Waals surface area contributed by atoms with Crippen molar-refractivity contribution in [2.75, 3.05) is 0 Å². The molecule has 0 spiro atoms. The van der Waals surface area contributed by atoms with Crippen LogP contribution in [-0.2, 0) is 4.79 Å². The van der Waals surface area contributed by atoms with Gasteiger partial charge in [-0.25, -0.2) is 4.79 Å². The molecule has 4 heteroatoms. The van der Waals surface area contributed by atoms with Crippen LogP contribution in [0.1, 0.15) is 63.2 Å². The van der Waals surface area contributed by atoms with Crippen molar-refractivity contribution in [1.29, 1.82) is 0 Å². The fourth-order valence-corrected chi connectivity index (χ4v) is 1.69. The van der Waals surface area contributed by atoms with Crippen LogP contribution in [-0.4, -0.2) is 22.2 Å². The molecule has 1 rings (SSSR count). The van der Waals surface area contributed by atoms with Crippen LogP contribution in [0.2, 0.25) is 0 Å². The summed E-state index contributed by atoms with van der Waals surface area (Å²) in [5, 5.41) is 16.8. The summed E-state index contributed by atoms with van der Waals surface area (Å²) in [6, 6.07) is 8.30. The van der Waals surface area contributed by atoms with E-state index in [1.165, 1.54) is 6.42 Å². The zero-order valence-electron chi connectivity index (χ0n) is 13.1. The minimum Gasteiger partial charge on any atom is -0.481 e. The summed E-state index contributed by atoms with van der Waals surface area (Å²) in [5.74, 6) is -1.55. The van der Waals surface area contributed by atoms with Crippen molar-refractivity contribution in [1.82, 2.24) is 0 Å². The van der Waals surface area contributed by atoms with Gasteiger partial charge < -0.3 is 10.2 Å². The molecule has 0 aromatic heterocycles. The van der Waals surface area contributed by atoms with E-state index in [0.717, 1.165) is 19.3 Å². The van der Waals surface area contributed by atoms with E-state index in [0.29, 0.717) is 17.4 Å². The summed E-state index contributed by atoms with van der Waals surface area (Å²) in [5.41, 5.74) is 0.723. The molecule has 0 aliphatic heterocycles. The van der Waals surface area contributed by atoms with E-state index in [1.807, 2.05) is 0 Å². The predicted octanol–water partition coefficient (Wildman–Crippen LogP) is 4.45. The van der Waals surface area contributed by atoms with Crippen LogP contribution in [0.5, 0.6) is 0 Å². The van der Waals surface area contributed by atoms with Gasteiger partial charge in [0.25, 0.3) is 0 Å². The van der Waals surface area contributed by atoms with Crippen LogP contribution < -0.4 is 0 Å². The Bertz CT molecular complexity index is 418. The molecule has 0 unspecified atom stereocenters. The maximum atomic E-state index is 10.2. The zero-order valence-corrected chi connectivity index (χ0v) is 13.1. The van der Waals surface area contributed by atoms with Gasteiger partial charge in [0.15, 0.2) is 0 Å². The van der Waals surface area contributed by atoms with Crippen molar-refractivity contribution in [3.63, 3.8) is 0 Å². The van der Waals surface area contributed by atoms with Crippen molar-refractivity contribution >= 4 is 11.9 Å². The second-order valence-corrected chi connectivity index (χ2v) is 6.19. The van der Waals surface area contributed by atoms with E-state index in [9.17, 15) is 9.59 Å². The standard InChI is InChI=1S/C10H20O2.C7H6O2/c1-10(2,3)8-6-4-5-7-9(11)12;8-7(9)6-4-2-1-3-5-6/h4-8H2,1-3H3,(H,11,12);1-5H,(H,8,9). The molecule has 21 heavy (non-hydrogen) atoms. The quantitative estimate of drug-likeness (QED) is 0.760. The lowest BCUT2D eigenvalue weighted by Gasteiger charge is -2.17. The van der Waals surface area contributed by atoms with Crippen molar-refractivity contribution in [2.45, 2.75) is 52.9 Å². The Morgan fingerprint density at radius 1 is 0.952 bits per heavy atom. The first-order valence-electron chi connectivity index (χ1n) is 7.22. The molecular formula is C17H26O4. The van der Waals surface area contributed by atoms with E-state index in [2.05, 4.69) is 20.8 Å². The van der Waals surface area contributed by atoms with Gasteiger partial charge >= 0.3 is 11.9 Å². The molecule has 4 nitrogen and oxygen atoms in total. The van der Waals surface area contributed by atoms with Gasteiger partial charge in [0, 0.05) is 6.42 Å². The van der Waals surface area contributed by atoms with Gasteiger partial charge in [-0.1, -0.05) is 51.8 Å². The van der Waals surface area contributed by atoms with Gasteiger partial charge in [-0.2, -0.15) is 0 Å². The van der Waals surface area contributed by atoms with E-state index in [-0.39, 0.29) is 0 Å². The normalized spacial score (nSPS) is 10.4. The SMILES string of the molecule is CC(C)(C)CCCCCC(=O)O.O=C(O)c1ccccc1. The van der Waals surface area contributed by atoms with Crippen molar-refractivity contribution in [3.05, 3.63) is 35.9 Å². The van der Waals surface area contributed by atoms with E-state index >= 15 is 0 Å². The Morgan fingerprint density at radius 2 is 1.52 bits per heavy atom. The number of aromatic carboxylic acids is 1. The molecule has 1 aromatic carbocycles. The van der Waals surface area contributed by atoms with Crippen molar-refractivity contribution < 1.29 is 19.8 Å². The average Bonchev–Trinajstić information content (AvgIpc) is 2.38. The molecule has 118 valence electrons. The largest absolute Gasteiger partial charge is 0.481 e. The smallest absolute Gasteiger partial charge is 0.335 e. The zero-order chi connectivity index (χ0) is 16.3.